The molecule has 0 bridgehead atoms. The van der Waals surface area contributed by atoms with Gasteiger partial charge in [-0.15, -0.1) is 0 Å². The lowest BCUT2D eigenvalue weighted by Crippen LogP contribution is -3.08. The molecular weight excluding hydrogens is 394 g/mol. The average molecular weight is 426 g/mol. The summed E-state index contributed by atoms with van der Waals surface area (Å²) in [5, 5.41) is 24.2. The van der Waals surface area contributed by atoms with Gasteiger partial charge >= 0.3 is 5.97 Å². The number of nitrogens with zero attached hydrogens (tertiary/aromatic N) is 2. The van der Waals surface area contributed by atoms with Crippen LogP contribution in [0.15, 0.2) is 24.3 Å². The second-order valence-corrected chi connectivity index (χ2v) is 10.1. The molecule has 166 valence electrons. The number of hydrogen-bond donors (Lipinski definition) is 2. The van der Waals surface area contributed by atoms with E-state index >= 15 is 0 Å². The Morgan fingerprint density at radius 2 is 1.71 bits per heavy atom. The summed E-state index contributed by atoms with van der Waals surface area (Å²) in [6.07, 6.45) is 2.20. The molecule has 1 aliphatic heterocycles. The van der Waals surface area contributed by atoms with Crippen LogP contribution in [0.3, 0.4) is 0 Å². The van der Waals surface area contributed by atoms with Crippen LogP contribution in [0.4, 0.5) is 5.82 Å². The molecule has 4 rings (SSSR count). The molecule has 0 radical (unpaired) electrons. The van der Waals surface area contributed by atoms with E-state index in [-0.39, 0.29) is 15.9 Å². The Hall–Kier alpha value is -2.35. The molecule has 0 fully saturated rings. The van der Waals surface area contributed by atoms with Crippen molar-refractivity contribution in [3.63, 3.8) is 0 Å². The number of nitrogens with one attached hydrogen (secondary N) is 1. The highest BCUT2D eigenvalue weighted by Gasteiger charge is 2.43. The van der Waals surface area contributed by atoms with Crippen molar-refractivity contribution in [2.45, 2.75) is 76.4 Å². The van der Waals surface area contributed by atoms with E-state index in [1.165, 1.54) is 7.11 Å². The molecule has 0 spiro atoms. The average Bonchev–Trinajstić information content (AvgIpc) is 2.76. The molecule has 2 heterocycles. The topological polar surface area (TPSA) is 99.8 Å². The number of esters is 1. The molecule has 3 unspecified atom stereocenters. The predicted octanol–water partition coefficient (Wildman–Crippen LogP) is 2.67. The fourth-order valence-corrected chi connectivity index (χ4v) is 4.71. The van der Waals surface area contributed by atoms with Gasteiger partial charge in [0.15, 0.2) is 0 Å². The number of methoxy groups -OCH3 is 1. The van der Waals surface area contributed by atoms with Crippen LogP contribution in [0.2, 0.25) is 0 Å². The van der Waals surface area contributed by atoms with Gasteiger partial charge in [-0.1, -0.05) is 39.8 Å². The number of aryl methyl sites for hydroxylation is 1. The first-order valence-corrected chi connectivity index (χ1v) is 10.9. The maximum Gasteiger partial charge on any atom is 0.337 e. The van der Waals surface area contributed by atoms with Crippen LogP contribution in [0.1, 0.15) is 86.1 Å². The van der Waals surface area contributed by atoms with E-state index in [2.05, 4.69) is 27.7 Å². The molecule has 1 aromatic carbocycles. The van der Waals surface area contributed by atoms with Crippen LogP contribution in [0, 0.1) is 5.21 Å². The van der Waals surface area contributed by atoms with E-state index in [0.29, 0.717) is 29.8 Å². The van der Waals surface area contributed by atoms with E-state index < -0.39 is 18.1 Å². The van der Waals surface area contributed by atoms with E-state index in [4.69, 9.17) is 14.7 Å². The number of aliphatic hydroxyl groups is 1. The van der Waals surface area contributed by atoms with Crippen molar-refractivity contribution >= 4 is 11.8 Å². The number of quaternary nitrogens is 1. The summed E-state index contributed by atoms with van der Waals surface area (Å²) in [6, 6.07) is 5.97. The van der Waals surface area contributed by atoms with Crippen molar-refractivity contribution in [2.24, 2.45) is 0 Å². The van der Waals surface area contributed by atoms with Crippen LogP contribution >= 0.6 is 0 Å². The Morgan fingerprint density at radius 3 is 2.29 bits per heavy atom. The van der Waals surface area contributed by atoms with E-state index in [9.17, 15) is 15.1 Å². The second-order valence-electron chi connectivity index (χ2n) is 10.1. The minimum absolute atomic E-state index is 0.0618. The summed E-state index contributed by atoms with van der Waals surface area (Å²) in [5.41, 5.74) is 3.47. The van der Waals surface area contributed by atoms with Gasteiger partial charge in [-0.3, -0.25) is 0 Å². The summed E-state index contributed by atoms with van der Waals surface area (Å²) < 4.78 is 4.72. The summed E-state index contributed by atoms with van der Waals surface area (Å²) in [5.74, 6) is -0.0275. The van der Waals surface area contributed by atoms with Crippen LogP contribution in [-0.2, 0) is 22.0 Å². The SMILES string of the molecule is COC(=O)c1ccc(C(O)C2CCc3nc4c(nc3[NH+]2[O-])C(C)(C)CCC4(C)C)cc1. The van der Waals surface area contributed by atoms with Crippen LogP contribution < -0.4 is 5.06 Å². The van der Waals surface area contributed by atoms with Gasteiger partial charge in [-0.25, -0.2) is 9.78 Å². The monoisotopic (exact) mass is 425 g/mol. The molecule has 31 heavy (non-hydrogen) atoms. The number of benzene rings is 1. The Bertz CT molecular complexity index is 1000. The van der Waals surface area contributed by atoms with Gasteiger partial charge in [0.2, 0.25) is 5.82 Å². The molecule has 1 aromatic heterocycles. The molecular formula is C24H31N3O4. The summed E-state index contributed by atoms with van der Waals surface area (Å²) in [7, 11) is 1.32. The van der Waals surface area contributed by atoms with E-state index in [1.54, 1.807) is 24.3 Å². The van der Waals surface area contributed by atoms with Gasteiger partial charge in [0.1, 0.15) is 17.8 Å². The van der Waals surface area contributed by atoms with Crippen molar-refractivity contribution in [1.29, 1.82) is 0 Å². The Labute approximate surface area is 183 Å². The largest absolute Gasteiger partial charge is 0.627 e. The van der Waals surface area contributed by atoms with E-state index in [0.717, 1.165) is 29.9 Å². The third-order valence-electron chi connectivity index (χ3n) is 6.94. The highest BCUT2D eigenvalue weighted by molar-refractivity contribution is 5.89. The highest BCUT2D eigenvalue weighted by Crippen LogP contribution is 2.44. The number of carbonyl (C=O) groups excluding carboxylic acids is 1. The molecule has 2 aromatic rings. The van der Waals surface area contributed by atoms with Crippen LogP contribution in [0.25, 0.3) is 0 Å². The third-order valence-corrected chi connectivity index (χ3v) is 6.94. The minimum atomic E-state index is -0.963. The number of ether oxygens (including phenoxy) is 1. The standard InChI is InChI=1S/C24H31N3O4/c1-23(2)12-13-24(3,4)20-19(23)25-16-10-11-17(27(30)21(16)26-20)18(28)14-6-8-15(9-7-14)22(29)31-5/h6-9,17-18,27-28H,10-13H2,1-5H3. The highest BCUT2D eigenvalue weighted by atomic mass is 16.5. The first-order chi connectivity index (χ1) is 14.5. The normalized spacial score (nSPS) is 24.6. The maximum atomic E-state index is 13.4. The quantitative estimate of drug-likeness (QED) is 0.579. The van der Waals surface area contributed by atoms with Gasteiger partial charge in [0.25, 0.3) is 0 Å². The number of aliphatic hydroxyl groups excluding tert-OH is 1. The molecule has 3 atom stereocenters. The number of aromatic nitrogens is 2. The zero-order chi connectivity index (χ0) is 22.6. The molecule has 1 aliphatic carbocycles. The van der Waals surface area contributed by atoms with Crippen molar-refractivity contribution in [1.82, 2.24) is 9.97 Å². The molecule has 0 saturated carbocycles. The van der Waals surface area contributed by atoms with Crippen LogP contribution in [0.5, 0.6) is 0 Å². The van der Waals surface area contributed by atoms with Gasteiger partial charge in [-0.05, 0) is 30.5 Å². The molecule has 2 N–H and O–H groups in total. The number of hydroxylamine groups is 1. The Balaban J connectivity index is 1.65. The lowest BCUT2D eigenvalue weighted by Gasteiger charge is -2.42. The minimum Gasteiger partial charge on any atom is -0.627 e. The van der Waals surface area contributed by atoms with Crippen molar-refractivity contribution < 1.29 is 19.7 Å². The lowest BCUT2D eigenvalue weighted by atomic mass is 9.67. The third kappa shape index (κ3) is 3.75. The predicted molar refractivity (Wildman–Crippen MR) is 116 cm³/mol. The Morgan fingerprint density at radius 1 is 1.13 bits per heavy atom. The first-order valence-electron chi connectivity index (χ1n) is 10.9. The van der Waals surface area contributed by atoms with Crippen molar-refractivity contribution in [3.8, 4) is 0 Å². The van der Waals surface area contributed by atoms with Gasteiger partial charge < -0.3 is 20.1 Å². The molecule has 7 nitrogen and oxygen atoms in total. The van der Waals surface area contributed by atoms with Crippen molar-refractivity contribution in [2.75, 3.05) is 7.11 Å². The molecule has 0 amide bonds. The number of hydrogen-bond acceptors (Lipinski definition) is 6. The zero-order valence-corrected chi connectivity index (χ0v) is 18.9. The van der Waals surface area contributed by atoms with Crippen molar-refractivity contribution in [3.05, 3.63) is 57.7 Å². The fourth-order valence-electron chi connectivity index (χ4n) is 4.71. The second kappa shape index (κ2) is 7.65. The maximum absolute atomic E-state index is 13.4. The zero-order valence-electron chi connectivity index (χ0n) is 18.9. The van der Waals surface area contributed by atoms with E-state index in [1.807, 2.05) is 0 Å². The fraction of sp³-hybridized carbons (Fsp3) is 0.542. The number of carbonyl (C=O) groups is 1. The van der Waals surface area contributed by atoms with Gasteiger partial charge in [0, 0.05) is 23.7 Å². The lowest BCUT2D eigenvalue weighted by molar-refractivity contribution is -0.819. The van der Waals surface area contributed by atoms with Crippen LogP contribution in [-0.4, -0.2) is 34.2 Å². The number of fused-ring (bicyclic) bond motifs is 2. The number of rotatable bonds is 3. The summed E-state index contributed by atoms with van der Waals surface area (Å²) >= 11 is 0. The van der Waals surface area contributed by atoms with Gasteiger partial charge in [-0.2, -0.15) is 4.98 Å². The first kappa shape index (κ1) is 21.9. The van der Waals surface area contributed by atoms with Gasteiger partial charge in [0.05, 0.1) is 24.1 Å². The summed E-state index contributed by atoms with van der Waals surface area (Å²) in [4.78, 5) is 21.5. The molecule has 7 heteroatoms. The summed E-state index contributed by atoms with van der Waals surface area (Å²) in [6.45, 7) is 8.70. The smallest absolute Gasteiger partial charge is 0.337 e. The molecule has 0 saturated heterocycles. The molecule has 2 aliphatic rings. The Kier molecular flexibility index (Phi) is 5.40.